The molecule has 1 aromatic carbocycles. The minimum atomic E-state index is 0.190. The van der Waals surface area contributed by atoms with E-state index in [9.17, 15) is 0 Å². The molecule has 0 radical (unpaired) electrons. The number of hydrogen-bond acceptors (Lipinski definition) is 3. The van der Waals surface area contributed by atoms with Crippen LogP contribution in [0.1, 0.15) is 18.4 Å². The molecule has 0 fully saturated rings. The maximum absolute atomic E-state index is 9.15. The van der Waals surface area contributed by atoms with Crippen molar-refractivity contribution in [3.05, 3.63) is 23.8 Å². The molecule has 0 aromatic heterocycles. The zero-order valence-electron chi connectivity index (χ0n) is 8.29. The van der Waals surface area contributed by atoms with Crippen molar-refractivity contribution in [3.8, 4) is 5.75 Å². The Kier molecular flexibility index (Phi) is 2.59. The van der Waals surface area contributed by atoms with E-state index in [2.05, 4.69) is 5.32 Å². The van der Waals surface area contributed by atoms with Crippen LogP contribution in [0.3, 0.4) is 0 Å². The molecular formula is C11H15NO2. The van der Waals surface area contributed by atoms with Crippen molar-refractivity contribution in [1.29, 1.82) is 0 Å². The molecule has 3 heteroatoms. The van der Waals surface area contributed by atoms with E-state index in [1.54, 1.807) is 0 Å². The van der Waals surface area contributed by atoms with Gasteiger partial charge in [0.2, 0.25) is 0 Å². The standard InChI is InChI=1S/C11H15NO2/c1-2-14-10-5-3-4-9-8(7-13)6-12-11(9)10/h3-5,8,12-13H,2,6-7H2,1H3. The highest BCUT2D eigenvalue weighted by molar-refractivity contribution is 5.66. The van der Waals surface area contributed by atoms with Gasteiger partial charge >= 0.3 is 0 Å². The van der Waals surface area contributed by atoms with Gasteiger partial charge in [0.15, 0.2) is 0 Å². The van der Waals surface area contributed by atoms with Gasteiger partial charge in [-0.1, -0.05) is 12.1 Å². The zero-order valence-corrected chi connectivity index (χ0v) is 8.29. The van der Waals surface area contributed by atoms with E-state index >= 15 is 0 Å². The second kappa shape index (κ2) is 3.88. The first-order valence-electron chi connectivity index (χ1n) is 4.97. The molecule has 1 aliphatic rings. The molecule has 2 N–H and O–H groups in total. The molecule has 1 atom stereocenters. The van der Waals surface area contributed by atoms with Gasteiger partial charge in [-0.05, 0) is 18.6 Å². The van der Waals surface area contributed by atoms with Gasteiger partial charge < -0.3 is 15.2 Å². The summed E-state index contributed by atoms with van der Waals surface area (Å²) >= 11 is 0. The quantitative estimate of drug-likeness (QED) is 0.766. The number of para-hydroxylation sites is 1. The summed E-state index contributed by atoms with van der Waals surface area (Å²) in [4.78, 5) is 0. The molecule has 1 aromatic rings. The molecule has 0 aliphatic carbocycles. The number of aliphatic hydroxyl groups is 1. The van der Waals surface area contributed by atoms with Crippen LogP contribution < -0.4 is 10.1 Å². The molecule has 1 unspecified atom stereocenters. The molecule has 14 heavy (non-hydrogen) atoms. The van der Waals surface area contributed by atoms with E-state index < -0.39 is 0 Å². The summed E-state index contributed by atoms with van der Waals surface area (Å²) in [6.07, 6.45) is 0. The Morgan fingerprint density at radius 2 is 2.43 bits per heavy atom. The third-order valence-corrected chi connectivity index (χ3v) is 2.54. The number of anilines is 1. The van der Waals surface area contributed by atoms with Crippen molar-refractivity contribution >= 4 is 5.69 Å². The van der Waals surface area contributed by atoms with E-state index in [1.165, 1.54) is 5.56 Å². The third kappa shape index (κ3) is 1.44. The molecule has 0 saturated heterocycles. The van der Waals surface area contributed by atoms with Crippen LogP contribution in [0.2, 0.25) is 0 Å². The number of benzene rings is 1. The van der Waals surface area contributed by atoms with E-state index in [0.29, 0.717) is 6.61 Å². The molecule has 1 aliphatic heterocycles. The molecule has 76 valence electrons. The van der Waals surface area contributed by atoms with Crippen molar-refractivity contribution in [2.24, 2.45) is 0 Å². The van der Waals surface area contributed by atoms with Crippen LogP contribution in [0.25, 0.3) is 0 Å². The van der Waals surface area contributed by atoms with Crippen LogP contribution in [0.4, 0.5) is 5.69 Å². The fourth-order valence-electron chi connectivity index (χ4n) is 1.85. The Labute approximate surface area is 83.7 Å². The summed E-state index contributed by atoms with van der Waals surface area (Å²) in [6, 6.07) is 5.97. The highest BCUT2D eigenvalue weighted by atomic mass is 16.5. The summed E-state index contributed by atoms with van der Waals surface area (Å²) in [5, 5.41) is 12.4. The number of nitrogens with one attached hydrogen (secondary N) is 1. The van der Waals surface area contributed by atoms with Gasteiger partial charge in [-0.2, -0.15) is 0 Å². The van der Waals surface area contributed by atoms with E-state index in [1.807, 2.05) is 25.1 Å². The van der Waals surface area contributed by atoms with Crippen molar-refractivity contribution < 1.29 is 9.84 Å². The van der Waals surface area contributed by atoms with E-state index in [-0.39, 0.29) is 12.5 Å². The average Bonchev–Trinajstić information content (AvgIpc) is 2.62. The SMILES string of the molecule is CCOc1cccc2c1NCC2CO. The largest absolute Gasteiger partial charge is 0.492 e. The Morgan fingerprint density at radius 1 is 1.57 bits per heavy atom. The van der Waals surface area contributed by atoms with Crippen LogP contribution >= 0.6 is 0 Å². The Balaban J connectivity index is 2.34. The number of fused-ring (bicyclic) bond motifs is 1. The molecule has 1 heterocycles. The van der Waals surface area contributed by atoms with Gasteiger partial charge in [-0.3, -0.25) is 0 Å². The second-order valence-corrected chi connectivity index (χ2v) is 3.41. The highest BCUT2D eigenvalue weighted by Gasteiger charge is 2.23. The Bertz CT molecular complexity index is 325. The van der Waals surface area contributed by atoms with Crippen LogP contribution in [0.5, 0.6) is 5.75 Å². The molecule has 0 bridgehead atoms. The van der Waals surface area contributed by atoms with Crippen molar-refractivity contribution in [2.75, 3.05) is 25.1 Å². The Hall–Kier alpha value is -1.22. The first-order valence-corrected chi connectivity index (χ1v) is 4.97. The average molecular weight is 193 g/mol. The lowest BCUT2D eigenvalue weighted by Gasteiger charge is -2.09. The van der Waals surface area contributed by atoms with Gasteiger partial charge in [-0.15, -0.1) is 0 Å². The third-order valence-electron chi connectivity index (χ3n) is 2.54. The number of hydrogen-bond donors (Lipinski definition) is 2. The fourth-order valence-corrected chi connectivity index (χ4v) is 1.85. The van der Waals surface area contributed by atoms with Crippen LogP contribution in [-0.2, 0) is 0 Å². The lowest BCUT2D eigenvalue weighted by molar-refractivity contribution is 0.273. The number of rotatable bonds is 3. The van der Waals surface area contributed by atoms with Crippen molar-refractivity contribution in [1.82, 2.24) is 0 Å². The maximum Gasteiger partial charge on any atom is 0.142 e. The van der Waals surface area contributed by atoms with E-state index in [0.717, 1.165) is 18.0 Å². The summed E-state index contributed by atoms with van der Waals surface area (Å²) in [5.41, 5.74) is 2.21. The molecule has 3 nitrogen and oxygen atoms in total. The molecule has 0 amide bonds. The predicted octanol–water partition coefficient (Wildman–Crippen LogP) is 1.59. The number of ether oxygens (including phenoxy) is 1. The molecule has 0 saturated carbocycles. The summed E-state index contributed by atoms with van der Waals surface area (Å²) < 4.78 is 5.50. The monoisotopic (exact) mass is 193 g/mol. The van der Waals surface area contributed by atoms with Gasteiger partial charge in [0.05, 0.1) is 18.9 Å². The van der Waals surface area contributed by atoms with Gasteiger partial charge in [0.25, 0.3) is 0 Å². The molecular weight excluding hydrogens is 178 g/mol. The lowest BCUT2D eigenvalue weighted by atomic mass is 10.0. The van der Waals surface area contributed by atoms with E-state index in [4.69, 9.17) is 9.84 Å². The topological polar surface area (TPSA) is 41.5 Å². The first-order chi connectivity index (χ1) is 6.86. The van der Waals surface area contributed by atoms with Crippen LogP contribution in [0.15, 0.2) is 18.2 Å². The van der Waals surface area contributed by atoms with Crippen molar-refractivity contribution in [2.45, 2.75) is 12.8 Å². The zero-order chi connectivity index (χ0) is 9.97. The summed E-state index contributed by atoms with van der Waals surface area (Å²) in [7, 11) is 0. The molecule has 0 spiro atoms. The van der Waals surface area contributed by atoms with Crippen LogP contribution in [-0.4, -0.2) is 24.9 Å². The smallest absolute Gasteiger partial charge is 0.142 e. The van der Waals surface area contributed by atoms with Crippen molar-refractivity contribution in [3.63, 3.8) is 0 Å². The molecule has 2 rings (SSSR count). The van der Waals surface area contributed by atoms with Gasteiger partial charge in [0.1, 0.15) is 5.75 Å². The minimum Gasteiger partial charge on any atom is -0.492 e. The number of aliphatic hydroxyl groups excluding tert-OH is 1. The highest BCUT2D eigenvalue weighted by Crippen LogP contribution is 2.38. The fraction of sp³-hybridized carbons (Fsp3) is 0.455. The summed E-state index contributed by atoms with van der Waals surface area (Å²) in [6.45, 7) is 3.63. The van der Waals surface area contributed by atoms with Crippen LogP contribution in [0, 0.1) is 0 Å². The first kappa shape index (κ1) is 9.34. The van der Waals surface area contributed by atoms with Gasteiger partial charge in [0, 0.05) is 12.5 Å². The minimum absolute atomic E-state index is 0.190. The second-order valence-electron chi connectivity index (χ2n) is 3.41. The maximum atomic E-state index is 9.15. The summed E-state index contributed by atoms with van der Waals surface area (Å²) in [5.74, 6) is 1.10. The Morgan fingerprint density at radius 3 is 3.14 bits per heavy atom. The predicted molar refractivity (Wildman–Crippen MR) is 55.9 cm³/mol. The normalized spacial score (nSPS) is 18.9. The van der Waals surface area contributed by atoms with Gasteiger partial charge in [-0.25, -0.2) is 0 Å². The lowest BCUT2D eigenvalue weighted by Crippen LogP contribution is -2.05.